The molecule has 1 aromatic carbocycles. The van der Waals surface area contributed by atoms with Gasteiger partial charge in [0.1, 0.15) is 17.8 Å². The Hall–Kier alpha value is -0.730. The molecule has 0 radical (unpaired) electrons. The number of ether oxygens (including phenoxy) is 3. The van der Waals surface area contributed by atoms with Crippen molar-refractivity contribution in [3.63, 3.8) is 0 Å². The van der Waals surface area contributed by atoms with Crippen LogP contribution in [0.1, 0.15) is 20.8 Å². The fourth-order valence-electron chi connectivity index (χ4n) is 4.00. The van der Waals surface area contributed by atoms with Gasteiger partial charge in [0.05, 0.1) is 11.9 Å². The summed E-state index contributed by atoms with van der Waals surface area (Å²) in [4.78, 5) is 0.815. The third-order valence-electron chi connectivity index (χ3n) is 5.30. The van der Waals surface area contributed by atoms with Gasteiger partial charge in [0, 0.05) is 4.90 Å². The number of hydrogen-bond acceptors (Lipinski definition) is 5. The second-order valence-corrected chi connectivity index (χ2v) is 8.48. The van der Waals surface area contributed by atoms with Gasteiger partial charge in [-0.3, -0.25) is 0 Å². The third-order valence-corrected chi connectivity index (χ3v) is 6.62. The van der Waals surface area contributed by atoms with E-state index in [0.717, 1.165) is 4.90 Å². The van der Waals surface area contributed by atoms with Crippen LogP contribution in [0.4, 0.5) is 8.78 Å². The van der Waals surface area contributed by atoms with Gasteiger partial charge < -0.3 is 19.3 Å². The highest BCUT2D eigenvalue weighted by Gasteiger charge is 2.86. The number of alkyl halides is 2. The summed E-state index contributed by atoms with van der Waals surface area (Å²) in [6.45, 7) is 4.38. The Morgan fingerprint density at radius 3 is 2.42 bits per heavy atom. The quantitative estimate of drug-likeness (QED) is 0.881. The van der Waals surface area contributed by atoms with Crippen LogP contribution in [0.15, 0.2) is 35.2 Å². The van der Waals surface area contributed by atoms with Crippen LogP contribution < -0.4 is 0 Å². The number of fused-ring (bicyclic) bond motifs is 3. The van der Waals surface area contributed by atoms with Crippen molar-refractivity contribution >= 4 is 11.8 Å². The van der Waals surface area contributed by atoms with E-state index in [-0.39, 0.29) is 6.61 Å². The summed E-state index contributed by atoms with van der Waals surface area (Å²) in [5, 5.41) is 10.0. The molecular weight excluding hydrogens is 338 g/mol. The predicted molar refractivity (Wildman–Crippen MR) is 84.2 cm³/mol. The molecular formula is C17H20F2O4S. The molecule has 0 amide bonds. The monoisotopic (exact) mass is 358 g/mol. The van der Waals surface area contributed by atoms with Crippen LogP contribution in [0, 0.1) is 0 Å². The second-order valence-electron chi connectivity index (χ2n) is 7.23. The molecule has 4 nitrogen and oxygen atoms in total. The number of hydrogen-bond donors (Lipinski definition) is 1. The molecule has 4 rings (SSSR count). The maximum atomic E-state index is 15.3. The first-order chi connectivity index (χ1) is 11.1. The summed E-state index contributed by atoms with van der Waals surface area (Å²) in [7, 11) is 0. The van der Waals surface area contributed by atoms with Crippen LogP contribution in [0.25, 0.3) is 0 Å². The van der Waals surface area contributed by atoms with Crippen LogP contribution in [0.2, 0.25) is 0 Å². The molecule has 3 aliphatic heterocycles. The van der Waals surface area contributed by atoms with E-state index < -0.39 is 40.4 Å². The molecule has 1 aromatic rings. The molecule has 1 spiro atoms. The Balaban J connectivity index is 1.70. The smallest absolute Gasteiger partial charge is 0.308 e. The standard InChI is InChI=1S/C17H20F2O4S/c1-14(2)21-9-16(23-14)15(3)12(20)11(13(22-15)17(16,18)19)24-10-7-5-4-6-8-10/h4-8,11-13,20H,9H2,1-3H3/t11-,12-,13-,15+,16+/m1/s1. The van der Waals surface area contributed by atoms with Gasteiger partial charge in [-0.05, 0) is 32.9 Å². The zero-order chi connectivity index (χ0) is 17.4. The molecule has 3 aliphatic rings. The van der Waals surface area contributed by atoms with E-state index >= 15 is 8.78 Å². The van der Waals surface area contributed by atoms with Crippen molar-refractivity contribution in [1.29, 1.82) is 0 Å². The summed E-state index contributed by atoms with van der Waals surface area (Å²) >= 11 is 1.21. The van der Waals surface area contributed by atoms with Gasteiger partial charge in [0.15, 0.2) is 11.4 Å². The van der Waals surface area contributed by atoms with Crippen molar-refractivity contribution in [3.05, 3.63) is 30.3 Å². The van der Waals surface area contributed by atoms with E-state index in [1.807, 2.05) is 30.3 Å². The lowest BCUT2D eigenvalue weighted by Gasteiger charge is -2.46. The number of rotatable bonds is 2. The Morgan fingerprint density at radius 2 is 1.83 bits per heavy atom. The molecule has 0 aromatic heterocycles. The molecule has 7 heteroatoms. The largest absolute Gasteiger partial charge is 0.389 e. The number of aliphatic hydroxyl groups is 1. The average molecular weight is 358 g/mol. The summed E-state index contributed by atoms with van der Waals surface area (Å²) < 4.78 is 47.3. The molecule has 3 saturated heterocycles. The molecule has 0 aliphatic carbocycles. The third kappa shape index (κ3) is 1.93. The molecule has 0 saturated carbocycles. The first-order valence-electron chi connectivity index (χ1n) is 7.93. The maximum absolute atomic E-state index is 15.3. The van der Waals surface area contributed by atoms with Crippen LogP contribution in [-0.4, -0.2) is 52.1 Å². The van der Waals surface area contributed by atoms with Gasteiger partial charge in [0.2, 0.25) is 0 Å². The number of aliphatic hydroxyl groups excluding tert-OH is 1. The van der Waals surface area contributed by atoms with Crippen LogP contribution in [0.3, 0.4) is 0 Å². The fraction of sp³-hybridized carbons (Fsp3) is 0.647. The predicted octanol–water partition coefficient (Wildman–Crippen LogP) is 2.84. The van der Waals surface area contributed by atoms with Crippen molar-refractivity contribution in [2.24, 2.45) is 0 Å². The zero-order valence-corrected chi connectivity index (χ0v) is 14.5. The second kappa shape index (κ2) is 4.92. The molecule has 3 heterocycles. The lowest BCUT2D eigenvalue weighted by molar-refractivity contribution is -0.258. The van der Waals surface area contributed by atoms with Gasteiger partial charge in [-0.15, -0.1) is 11.8 Å². The minimum atomic E-state index is -3.26. The molecule has 0 unspecified atom stereocenters. The molecule has 5 atom stereocenters. The Kier molecular flexibility index (Phi) is 3.43. The first-order valence-corrected chi connectivity index (χ1v) is 8.80. The minimum absolute atomic E-state index is 0.306. The summed E-state index contributed by atoms with van der Waals surface area (Å²) in [5.41, 5.74) is -3.50. The highest BCUT2D eigenvalue weighted by atomic mass is 32.2. The molecule has 3 fully saturated rings. The van der Waals surface area contributed by atoms with Gasteiger partial charge in [-0.2, -0.15) is 0 Å². The van der Waals surface area contributed by atoms with Crippen LogP contribution in [0.5, 0.6) is 0 Å². The van der Waals surface area contributed by atoms with E-state index in [4.69, 9.17) is 14.2 Å². The number of thioether (sulfide) groups is 1. The first kappa shape index (κ1) is 16.7. The van der Waals surface area contributed by atoms with Crippen molar-refractivity contribution < 1.29 is 28.1 Å². The van der Waals surface area contributed by atoms with E-state index in [1.165, 1.54) is 18.7 Å². The summed E-state index contributed by atoms with van der Waals surface area (Å²) in [5.74, 6) is -4.40. The highest BCUT2D eigenvalue weighted by Crippen LogP contribution is 2.65. The van der Waals surface area contributed by atoms with E-state index in [0.29, 0.717) is 0 Å². The highest BCUT2D eigenvalue weighted by molar-refractivity contribution is 8.00. The maximum Gasteiger partial charge on any atom is 0.308 e. The topological polar surface area (TPSA) is 47.9 Å². The number of benzene rings is 1. The number of halogens is 2. The van der Waals surface area contributed by atoms with E-state index in [9.17, 15) is 5.11 Å². The Labute approximate surface area is 143 Å². The molecule has 24 heavy (non-hydrogen) atoms. The van der Waals surface area contributed by atoms with Gasteiger partial charge in [-0.1, -0.05) is 18.2 Å². The van der Waals surface area contributed by atoms with Crippen molar-refractivity contribution in [2.45, 2.75) is 66.0 Å². The lowest BCUT2D eigenvalue weighted by atomic mass is 9.71. The fourth-order valence-corrected chi connectivity index (χ4v) is 5.37. The molecule has 1 N–H and O–H groups in total. The van der Waals surface area contributed by atoms with Crippen molar-refractivity contribution in [1.82, 2.24) is 0 Å². The normalized spacial score (nSPS) is 45.2. The van der Waals surface area contributed by atoms with E-state index in [2.05, 4.69) is 0 Å². The summed E-state index contributed by atoms with van der Waals surface area (Å²) in [6.07, 6.45) is -2.52. The van der Waals surface area contributed by atoms with Crippen LogP contribution >= 0.6 is 11.8 Å². The molecule has 132 valence electrons. The van der Waals surface area contributed by atoms with Gasteiger partial charge in [0.25, 0.3) is 0 Å². The SMILES string of the molecule is CC1(C)OC[C@@]2(O1)C(F)(F)[C@@H]1O[C@@]2(C)[C@H](O)[C@H]1Sc1ccccc1. The molecule has 2 bridgehead atoms. The average Bonchev–Trinajstić information content (AvgIpc) is 3.04. The Morgan fingerprint density at radius 1 is 1.17 bits per heavy atom. The van der Waals surface area contributed by atoms with Gasteiger partial charge >= 0.3 is 5.92 Å². The zero-order valence-electron chi connectivity index (χ0n) is 13.7. The van der Waals surface area contributed by atoms with Gasteiger partial charge in [-0.25, -0.2) is 8.78 Å². The van der Waals surface area contributed by atoms with Crippen molar-refractivity contribution in [3.8, 4) is 0 Å². The summed E-state index contributed by atoms with van der Waals surface area (Å²) in [6, 6.07) is 9.19. The lowest BCUT2D eigenvalue weighted by Crippen LogP contribution is -2.71. The van der Waals surface area contributed by atoms with E-state index in [1.54, 1.807) is 13.8 Å². The Bertz CT molecular complexity index is 655. The van der Waals surface area contributed by atoms with Crippen LogP contribution in [-0.2, 0) is 14.2 Å². The minimum Gasteiger partial charge on any atom is -0.389 e. The van der Waals surface area contributed by atoms with Crippen molar-refractivity contribution in [2.75, 3.05) is 6.61 Å².